The molecule has 1 aliphatic rings. The number of carbonyl (C=O) groups is 2. The number of nitrogens with one attached hydrogen (secondary N) is 1. The van der Waals surface area contributed by atoms with Crippen molar-refractivity contribution in [2.75, 3.05) is 13.2 Å². The number of nitrogens with zero attached hydrogens (tertiary/aromatic N) is 1. The summed E-state index contributed by atoms with van der Waals surface area (Å²) in [5.74, 6) is -0.333. The summed E-state index contributed by atoms with van der Waals surface area (Å²) in [5, 5.41) is 2.74. The van der Waals surface area contributed by atoms with E-state index in [1.807, 2.05) is 13.8 Å². The van der Waals surface area contributed by atoms with Crippen LogP contribution in [0.3, 0.4) is 0 Å². The average molecular weight is 244 g/mol. The molecule has 0 aliphatic carbocycles. The second kappa shape index (κ2) is 5.47. The molecule has 4 nitrogen and oxygen atoms in total. The van der Waals surface area contributed by atoms with Gasteiger partial charge in [0.1, 0.15) is 18.3 Å². The van der Waals surface area contributed by atoms with Gasteiger partial charge in [0.2, 0.25) is 11.8 Å². The van der Waals surface area contributed by atoms with Gasteiger partial charge in [0.25, 0.3) is 0 Å². The lowest BCUT2D eigenvalue weighted by molar-refractivity contribution is -0.157. The molecule has 98 valence electrons. The van der Waals surface area contributed by atoms with Crippen molar-refractivity contribution in [2.45, 2.75) is 51.6 Å². The molecule has 0 spiro atoms. The zero-order valence-electron chi connectivity index (χ0n) is 10.8. The minimum absolute atomic E-state index is 0.00317. The highest BCUT2D eigenvalue weighted by atomic mass is 19.1. The fraction of sp³-hybridized carbons (Fsp3) is 0.833. The maximum atomic E-state index is 12.5. The Balaban J connectivity index is 2.97. The van der Waals surface area contributed by atoms with Crippen molar-refractivity contribution in [3.05, 3.63) is 0 Å². The number of amides is 2. The van der Waals surface area contributed by atoms with E-state index >= 15 is 0 Å². The SMILES string of the molecule is CCCC1NC(=O)C(C)(CC)N(CCF)C1=O. The van der Waals surface area contributed by atoms with E-state index in [0.29, 0.717) is 12.8 Å². The number of carbonyl (C=O) groups excluding carboxylic acids is 2. The number of piperazine rings is 1. The highest BCUT2D eigenvalue weighted by molar-refractivity contribution is 5.99. The Hall–Kier alpha value is -1.13. The second-order valence-corrected chi connectivity index (χ2v) is 4.62. The molecule has 1 aliphatic heterocycles. The van der Waals surface area contributed by atoms with Crippen LogP contribution in [0.5, 0.6) is 0 Å². The lowest BCUT2D eigenvalue weighted by atomic mass is 9.89. The molecular formula is C12H21FN2O2. The minimum atomic E-state index is -0.909. The molecule has 1 fully saturated rings. The predicted octanol–water partition coefficient (Wildman–Crippen LogP) is 1.25. The molecule has 1 saturated heterocycles. The summed E-state index contributed by atoms with van der Waals surface area (Å²) in [5.41, 5.74) is -0.909. The molecule has 0 saturated carbocycles. The molecular weight excluding hydrogens is 223 g/mol. The summed E-state index contributed by atoms with van der Waals surface area (Å²) in [6.45, 7) is 4.85. The van der Waals surface area contributed by atoms with Crippen molar-refractivity contribution in [3.8, 4) is 0 Å². The first kappa shape index (κ1) is 13.9. The molecule has 1 heterocycles. The molecule has 2 unspecified atom stereocenters. The van der Waals surface area contributed by atoms with Crippen LogP contribution in [0, 0.1) is 0 Å². The van der Waals surface area contributed by atoms with Crippen molar-refractivity contribution < 1.29 is 14.0 Å². The van der Waals surface area contributed by atoms with Crippen LogP contribution in [0.25, 0.3) is 0 Å². The van der Waals surface area contributed by atoms with E-state index in [2.05, 4.69) is 5.32 Å². The lowest BCUT2D eigenvalue weighted by Crippen LogP contribution is -2.69. The fourth-order valence-electron chi connectivity index (χ4n) is 2.21. The van der Waals surface area contributed by atoms with Gasteiger partial charge < -0.3 is 10.2 Å². The summed E-state index contributed by atoms with van der Waals surface area (Å²) in [4.78, 5) is 25.6. The van der Waals surface area contributed by atoms with Gasteiger partial charge in [-0.3, -0.25) is 9.59 Å². The molecule has 0 aromatic carbocycles. The average Bonchev–Trinajstić information content (AvgIpc) is 2.32. The molecule has 5 heteroatoms. The standard InChI is InChI=1S/C12H21FN2O2/c1-4-6-9-10(16)15(8-7-13)12(3,5-2)11(17)14-9/h9H,4-8H2,1-3H3,(H,14,17). The Bertz CT molecular complexity index is 309. The normalized spacial score (nSPS) is 29.4. The van der Waals surface area contributed by atoms with E-state index in [1.165, 1.54) is 4.90 Å². The Morgan fingerprint density at radius 2 is 2.06 bits per heavy atom. The van der Waals surface area contributed by atoms with Crippen molar-refractivity contribution >= 4 is 11.8 Å². The second-order valence-electron chi connectivity index (χ2n) is 4.62. The maximum absolute atomic E-state index is 12.5. The third-order valence-electron chi connectivity index (χ3n) is 3.53. The summed E-state index contributed by atoms with van der Waals surface area (Å²) in [6.07, 6.45) is 1.90. The molecule has 1 rings (SSSR count). The van der Waals surface area contributed by atoms with E-state index in [9.17, 15) is 14.0 Å². The summed E-state index contributed by atoms with van der Waals surface area (Å²) < 4.78 is 12.5. The molecule has 1 N–H and O–H groups in total. The van der Waals surface area contributed by atoms with Gasteiger partial charge in [-0.2, -0.15) is 0 Å². The van der Waals surface area contributed by atoms with Gasteiger partial charge in [0.05, 0.1) is 6.54 Å². The number of halogens is 1. The van der Waals surface area contributed by atoms with Gasteiger partial charge in [0, 0.05) is 0 Å². The van der Waals surface area contributed by atoms with Crippen LogP contribution in [0.2, 0.25) is 0 Å². The first-order chi connectivity index (χ1) is 8.01. The van der Waals surface area contributed by atoms with Gasteiger partial charge in [-0.05, 0) is 19.8 Å². The van der Waals surface area contributed by atoms with E-state index in [0.717, 1.165) is 6.42 Å². The van der Waals surface area contributed by atoms with E-state index in [-0.39, 0.29) is 18.4 Å². The van der Waals surface area contributed by atoms with Gasteiger partial charge in [0.15, 0.2) is 0 Å². The third-order valence-corrected chi connectivity index (χ3v) is 3.53. The lowest BCUT2D eigenvalue weighted by Gasteiger charge is -2.45. The predicted molar refractivity (Wildman–Crippen MR) is 63.2 cm³/mol. The number of alkyl halides is 1. The Morgan fingerprint density at radius 1 is 1.41 bits per heavy atom. The zero-order valence-corrected chi connectivity index (χ0v) is 10.8. The molecule has 0 aromatic rings. The first-order valence-electron chi connectivity index (χ1n) is 6.19. The van der Waals surface area contributed by atoms with Crippen LogP contribution >= 0.6 is 0 Å². The van der Waals surface area contributed by atoms with Crippen LogP contribution in [-0.2, 0) is 9.59 Å². The van der Waals surface area contributed by atoms with Gasteiger partial charge in [-0.1, -0.05) is 20.3 Å². The van der Waals surface area contributed by atoms with E-state index in [1.54, 1.807) is 6.92 Å². The fourth-order valence-corrected chi connectivity index (χ4v) is 2.21. The molecule has 17 heavy (non-hydrogen) atoms. The van der Waals surface area contributed by atoms with Crippen LogP contribution < -0.4 is 5.32 Å². The Kier molecular flexibility index (Phi) is 4.48. The topological polar surface area (TPSA) is 49.4 Å². The summed E-state index contributed by atoms with van der Waals surface area (Å²) >= 11 is 0. The first-order valence-corrected chi connectivity index (χ1v) is 6.19. The third kappa shape index (κ3) is 2.42. The van der Waals surface area contributed by atoms with Crippen molar-refractivity contribution in [1.82, 2.24) is 10.2 Å². The molecule has 0 aromatic heterocycles. The minimum Gasteiger partial charge on any atom is -0.342 e. The van der Waals surface area contributed by atoms with E-state index in [4.69, 9.17) is 0 Å². The number of hydrogen-bond donors (Lipinski definition) is 1. The molecule has 2 atom stereocenters. The monoisotopic (exact) mass is 244 g/mol. The number of rotatable bonds is 5. The number of hydrogen-bond acceptors (Lipinski definition) is 2. The Labute approximate surface area is 102 Å². The molecule has 0 bridgehead atoms. The maximum Gasteiger partial charge on any atom is 0.246 e. The zero-order chi connectivity index (χ0) is 13.1. The smallest absolute Gasteiger partial charge is 0.246 e. The van der Waals surface area contributed by atoms with Crippen molar-refractivity contribution in [3.63, 3.8) is 0 Å². The van der Waals surface area contributed by atoms with Crippen LogP contribution in [-0.4, -0.2) is 41.5 Å². The highest BCUT2D eigenvalue weighted by Gasteiger charge is 2.47. The Morgan fingerprint density at radius 3 is 2.53 bits per heavy atom. The molecule has 0 radical (unpaired) electrons. The van der Waals surface area contributed by atoms with Gasteiger partial charge in [-0.15, -0.1) is 0 Å². The van der Waals surface area contributed by atoms with Crippen LogP contribution in [0.1, 0.15) is 40.0 Å². The highest BCUT2D eigenvalue weighted by Crippen LogP contribution is 2.25. The van der Waals surface area contributed by atoms with Crippen molar-refractivity contribution in [1.29, 1.82) is 0 Å². The van der Waals surface area contributed by atoms with Crippen LogP contribution in [0.15, 0.2) is 0 Å². The summed E-state index contributed by atoms with van der Waals surface area (Å²) in [6, 6.07) is -0.487. The van der Waals surface area contributed by atoms with Gasteiger partial charge in [-0.25, -0.2) is 4.39 Å². The largest absolute Gasteiger partial charge is 0.342 e. The summed E-state index contributed by atoms with van der Waals surface area (Å²) in [7, 11) is 0. The van der Waals surface area contributed by atoms with Gasteiger partial charge >= 0.3 is 0 Å². The quantitative estimate of drug-likeness (QED) is 0.791. The van der Waals surface area contributed by atoms with Crippen molar-refractivity contribution in [2.24, 2.45) is 0 Å². The molecule has 2 amide bonds. The van der Waals surface area contributed by atoms with Crippen LogP contribution in [0.4, 0.5) is 4.39 Å². The van der Waals surface area contributed by atoms with E-state index < -0.39 is 18.3 Å².